The fourth-order valence-corrected chi connectivity index (χ4v) is 1.87. The first-order valence-electron chi connectivity index (χ1n) is 5.98. The fraction of sp³-hybridized carbons (Fsp3) is 0.214. The molecule has 2 rings (SSSR count). The van der Waals surface area contributed by atoms with Gasteiger partial charge in [-0.05, 0) is 12.1 Å². The van der Waals surface area contributed by atoms with Gasteiger partial charge in [0.1, 0.15) is 17.0 Å². The summed E-state index contributed by atoms with van der Waals surface area (Å²) in [6.07, 6.45) is 1.58. The van der Waals surface area contributed by atoms with Gasteiger partial charge in [0.25, 0.3) is 0 Å². The van der Waals surface area contributed by atoms with E-state index >= 15 is 0 Å². The minimum atomic E-state index is -1.15. The summed E-state index contributed by atoms with van der Waals surface area (Å²) in [7, 11) is 4.27. The number of pyridine rings is 2. The fourth-order valence-electron chi connectivity index (χ4n) is 1.87. The van der Waals surface area contributed by atoms with Gasteiger partial charge < -0.3 is 19.3 Å². The number of hydrogen-bond acceptors (Lipinski definition) is 6. The maximum absolute atomic E-state index is 11.2. The standard InChI is InChI=1S/C14H14N2O5/c1-19-10-7-9(14(17)18)13(21-3)16-11(10)8-5-4-6-15-12(8)20-2/h4-7H,1-3H3,(H,17,18). The lowest BCUT2D eigenvalue weighted by atomic mass is 10.1. The maximum Gasteiger partial charge on any atom is 0.341 e. The van der Waals surface area contributed by atoms with Crippen LogP contribution in [0.2, 0.25) is 0 Å². The number of ether oxygens (including phenoxy) is 3. The molecular weight excluding hydrogens is 276 g/mol. The molecule has 7 nitrogen and oxygen atoms in total. The van der Waals surface area contributed by atoms with Gasteiger partial charge >= 0.3 is 5.97 Å². The first-order valence-corrected chi connectivity index (χ1v) is 5.98. The van der Waals surface area contributed by atoms with Crippen molar-refractivity contribution in [3.05, 3.63) is 30.0 Å². The molecule has 0 saturated carbocycles. The minimum absolute atomic E-state index is 0.00999. The second-order valence-corrected chi connectivity index (χ2v) is 3.96. The van der Waals surface area contributed by atoms with Gasteiger partial charge in [-0.25, -0.2) is 14.8 Å². The van der Waals surface area contributed by atoms with E-state index in [-0.39, 0.29) is 11.4 Å². The molecule has 0 aliphatic heterocycles. The third-order valence-corrected chi connectivity index (χ3v) is 2.82. The van der Waals surface area contributed by atoms with Crippen molar-refractivity contribution in [2.24, 2.45) is 0 Å². The Hall–Kier alpha value is -2.83. The minimum Gasteiger partial charge on any atom is -0.494 e. The normalized spacial score (nSPS) is 10.0. The van der Waals surface area contributed by atoms with Gasteiger partial charge in [0.2, 0.25) is 11.8 Å². The molecule has 0 aliphatic rings. The molecule has 0 amide bonds. The van der Waals surface area contributed by atoms with Crippen LogP contribution in [0.3, 0.4) is 0 Å². The molecule has 0 bridgehead atoms. The smallest absolute Gasteiger partial charge is 0.341 e. The zero-order chi connectivity index (χ0) is 15.4. The lowest BCUT2D eigenvalue weighted by molar-refractivity contribution is 0.0692. The molecule has 0 unspecified atom stereocenters. The number of carboxylic acid groups (broad SMARTS) is 1. The Balaban J connectivity index is 2.71. The monoisotopic (exact) mass is 290 g/mol. The third-order valence-electron chi connectivity index (χ3n) is 2.82. The molecule has 110 valence electrons. The lowest BCUT2D eigenvalue weighted by Crippen LogP contribution is -2.05. The third kappa shape index (κ3) is 2.71. The van der Waals surface area contributed by atoms with Gasteiger partial charge in [-0.15, -0.1) is 0 Å². The van der Waals surface area contributed by atoms with E-state index in [0.717, 1.165) is 0 Å². The van der Waals surface area contributed by atoms with Crippen LogP contribution in [0.25, 0.3) is 11.3 Å². The van der Waals surface area contributed by atoms with Crippen LogP contribution in [-0.2, 0) is 0 Å². The van der Waals surface area contributed by atoms with Crippen molar-refractivity contribution in [1.82, 2.24) is 9.97 Å². The predicted molar refractivity (Wildman–Crippen MR) is 74.1 cm³/mol. The molecule has 0 atom stereocenters. The molecule has 0 radical (unpaired) electrons. The Morgan fingerprint density at radius 3 is 2.43 bits per heavy atom. The number of carbonyl (C=O) groups is 1. The number of rotatable bonds is 5. The van der Waals surface area contributed by atoms with Crippen LogP contribution < -0.4 is 14.2 Å². The molecule has 0 aromatic carbocycles. The molecule has 2 aromatic heterocycles. The summed E-state index contributed by atoms with van der Waals surface area (Å²) < 4.78 is 15.4. The summed E-state index contributed by atoms with van der Waals surface area (Å²) in [5, 5.41) is 9.17. The first-order chi connectivity index (χ1) is 10.1. The first kappa shape index (κ1) is 14.6. The Kier molecular flexibility index (Phi) is 4.22. The van der Waals surface area contributed by atoms with E-state index < -0.39 is 5.97 Å². The van der Waals surface area contributed by atoms with Crippen LogP contribution in [0.1, 0.15) is 10.4 Å². The molecule has 0 fully saturated rings. The number of nitrogens with zero attached hydrogens (tertiary/aromatic N) is 2. The summed E-state index contributed by atoms with van der Waals surface area (Å²) in [6.45, 7) is 0. The Bertz CT molecular complexity index is 672. The number of aromatic carboxylic acids is 1. The highest BCUT2D eigenvalue weighted by molar-refractivity contribution is 5.92. The second-order valence-electron chi connectivity index (χ2n) is 3.96. The molecule has 0 spiro atoms. The molecule has 0 aliphatic carbocycles. The molecule has 7 heteroatoms. The average molecular weight is 290 g/mol. The van der Waals surface area contributed by atoms with E-state index in [1.54, 1.807) is 18.3 Å². The zero-order valence-electron chi connectivity index (χ0n) is 11.8. The van der Waals surface area contributed by atoms with E-state index in [9.17, 15) is 4.79 Å². The second kappa shape index (κ2) is 6.08. The highest BCUT2D eigenvalue weighted by atomic mass is 16.5. The number of hydrogen-bond donors (Lipinski definition) is 1. The summed E-state index contributed by atoms with van der Waals surface area (Å²) in [6, 6.07) is 4.82. The van der Waals surface area contributed by atoms with Crippen molar-refractivity contribution in [3.63, 3.8) is 0 Å². The number of carboxylic acids is 1. The van der Waals surface area contributed by atoms with Gasteiger partial charge in [0, 0.05) is 12.3 Å². The van der Waals surface area contributed by atoms with Crippen molar-refractivity contribution in [1.29, 1.82) is 0 Å². The van der Waals surface area contributed by atoms with Gasteiger partial charge in [-0.2, -0.15) is 0 Å². The molecule has 1 N–H and O–H groups in total. The van der Waals surface area contributed by atoms with Crippen LogP contribution in [0, 0.1) is 0 Å². The Labute approximate surface area is 121 Å². The molecule has 2 aromatic rings. The Morgan fingerprint density at radius 2 is 1.86 bits per heavy atom. The van der Waals surface area contributed by atoms with Crippen molar-refractivity contribution >= 4 is 5.97 Å². The quantitative estimate of drug-likeness (QED) is 0.898. The van der Waals surface area contributed by atoms with Crippen LogP contribution in [-0.4, -0.2) is 42.4 Å². The van der Waals surface area contributed by atoms with Crippen molar-refractivity contribution in [2.75, 3.05) is 21.3 Å². The van der Waals surface area contributed by atoms with Crippen LogP contribution in [0.15, 0.2) is 24.4 Å². The number of methoxy groups -OCH3 is 3. The lowest BCUT2D eigenvalue weighted by Gasteiger charge is -2.13. The average Bonchev–Trinajstić information content (AvgIpc) is 2.53. The largest absolute Gasteiger partial charge is 0.494 e. The van der Waals surface area contributed by atoms with Gasteiger partial charge in [0.15, 0.2) is 0 Å². The highest BCUT2D eigenvalue weighted by Crippen LogP contribution is 2.36. The molecule has 21 heavy (non-hydrogen) atoms. The van der Waals surface area contributed by atoms with E-state index in [1.165, 1.54) is 27.4 Å². The number of aromatic nitrogens is 2. The maximum atomic E-state index is 11.2. The molecule has 2 heterocycles. The summed E-state index contributed by atoms with van der Waals surface area (Å²) in [5.74, 6) is -0.514. The van der Waals surface area contributed by atoms with Crippen molar-refractivity contribution in [3.8, 4) is 28.8 Å². The van der Waals surface area contributed by atoms with Crippen LogP contribution >= 0.6 is 0 Å². The van der Waals surface area contributed by atoms with E-state index in [2.05, 4.69) is 9.97 Å². The van der Waals surface area contributed by atoms with Crippen molar-refractivity contribution < 1.29 is 24.1 Å². The van der Waals surface area contributed by atoms with Gasteiger partial charge in [0.05, 0.1) is 26.9 Å². The summed E-state index contributed by atoms with van der Waals surface area (Å²) in [5.41, 5.74) is 0.886. The van der Waals surface area contributed by atoms with Crippen LogP contribution in [0.5, 0.6) is 17.5 Å². The van der Waals surface area contributed by atoms with E-state index in [1.807, 2.05) is 0 Å². The highest BCUT2D eigenvalue weighted by Gasteiger charge is 2.21. The summed E-state index contributed by atoms with van der Waals surface area (Å²) in [4.78, 5) is 19.5. The Morgan fingerprint density at radius 1 is 1.14 bits per heavy atom. The molecular formula is C14H14N2O5. The van der Waals surface area contributed by atoms with E-state index in [0.29, 0.717) is 22.9 Å². The topological polar surface area (TPSA) is 90.8 Å². The van der Waals surface area contributed by atoms with Crippen molar-refractivity contribution in [2.45, 2.75) is 0 Å². The predicted octanol–water partition coefficient (Wildman–Crippen LogP) is 1.87. The molecule has 0 saturated heterocycles. The van der Waals surface area contributed by atoms with Gasteiger partial charge in [-0.1, -0.05) is 0 Å². The van der Waals surface area contributed by atoms with E-state index in [4.69, 9.17) is 19.3 Å². The van der Waals surface area contributed by atoms with Crippen LogP contribution in [0.4, 0.5) is 0 Å². The zero-order valence-corrected chi connectivity index (χ0v) is 11.8. The summed E-state index contributed by atoms with van der Waals surface area (Å²) >= 11 is 0. The van der Waals surface area contributed by atoms with Gasteiger partial charge in [-0.3, -0.25) is 0 Å². The SMILES string of the molecule is COc1cc(C(=O)O)c(OC)nc1-c1cccnc1OC.